The van der Waals surface area contributed by atoms with Gasteiger partial charge in [-0.25, -0.2) is 9.97 Å². The molecule has 0 fully saturated rings. The Balaban J connectivity index is 1.68. The first-order valence-corrected chi connectivity index (χ1v) is 10.0. The average molecular weight is 380 g/mol. The van der Waals surface area contributed by atoms with Crippen molar-refractivity contribution in [3.63, 3.8) is 0 Å². The number of fused-ring (bicyclic) bond motifs is 1. The fourth-order valence-corrected chi connectivity index (χ4v) is 3.27. The van der Waals surface area contributed by atoms with Crippen LogP contribution in [0.2, 0.25) is 0 Å². The molecule has 0 aliphatic rings. The summed E-state index contributed by atoms with van der Waals surface area (Å²) >= 11 is 0. The minimum Gasteiger partial charge on any atom is -0.493 e. The first-order valence-electron chi connectivity index (χ1n) is 10.0. The predicted molar refractivity (Wildman–Crippen MR) is 120 cm³/mol. The quantitative estimate of drug-likeness (QED) is 0.375. The van der Waals surface area contributed by atoms with Gasteiger partial charge in [0.25, 0.3) is 0 Å². The third kappa shape index (κ3) is 4.52. The Hall–Kier alpha value is -3.46. The molecule has 1 aromatic heterocycles. The van der Waals surface area contributed by atoms with Crippen LogP contribution in [0.4, 0.5) is 0 Å². The monoisotopic (exact) mass is 380 g/mol. The summed E-state index contributed by atoms with van der Waals surface area (Å²) in [5.41, 5.74) is 4.26. The van der Waals surface area contributed by atoms with Crippen molar-refractivity contribution in [2.45, 2.75) is 19.8 Å². The highest BCUT2D eigenvalue weighted by molar-refractivity contribution is 5.88. The number of benzene rings is 3. The number of allylic oxidation sites excluding steroid dienone is 1. The number of ether oxygens (including phenoxy) is 1. The van der Waals surface area contributed by atoms with Crippen LogP contribution in [0.25, 0.3) is 28.4 Å². The maximum Gasteiger partial charge on any atom is 0.163 e. The summed E-state index contributed by atoms with van der Waals surface area (Å²) in [6.07, 6.45) is 8.07. The van der Waals surface area contributed by atoms with Gasteiger partial charge in [-0.2, -0.15) is 0 Å². The topological polar surface area (TPSA) is 35.0 Å². The van der Waals surface area contributed by atoms with Crippen molar-refractivity contribution >= 4 is 17.0 Å². The second kappa shape index (κ2) is 9.16. The molecule has 4 rings (SSSR count). The van der Waals surface area contributed by atoms with Crippen molar-refractivity contribution in [1.29, 1.82) is 0 Å². The number of hydrogen-bond acceptors (Lipinski definition) is 3. The molecule has 0 spiro atoms. The van der Waals surface area contributed by atoms with Crippen molar-refractivity contribution in [3.8, 4) is 17.1 Å². The summed E-state index contributed by atoms with van der Waals surface area (Å²) in [5.74, 6) is 1.51. The van der Waals surface area contributed by atoms with Gasteiger partial charge in [0.1, 0.15) is 5.75 Å². The molecule has 0 aliphatic carbocycles. The Kier molecular flexibility index (Phi) is 5.96. The van der Waals surface area contributed by atoms with Crippen LogP contribution >= 0.6 is 0 Å². The van der Waals surface area contributed by atoms with Gasteiger partial charge < -0.3 is 4.74 Å². The smallest absolute Gasteiger partial charge is 0.163 e. The molecule has 3 aromatic carbocycles. The lowest BCUT2D eigenvalue weighted by atomic mass is 10.1. The van der Waals surface area contributed by atoms with Crippen molar-refractivity contribution in [2.24, 2.45) is 0 Å². The van der Waals surface area contributed by atoms with Crippen LogP contribution < -0.4 is 4.74 Å². The van der Waals surface area contributed by atoms with Crippen LogP contribution in [-0.4, -0.2) is 16.6 Å². The zero-order valence-corrected chi connectivity index (χ0v) is 16.6. The standard InChI is InChI=1S/C26H24N2O/c1-2-18-29-24-17-7-6-16-23(24)26-27-19-22-15-9-14-21(25(22)28-26)13-8-12-20-10-4-3-5-11-20/h3-11,13-17,19H,2,12,18H2,1H3. The number of para-hydroxylation sites is 2. The molecule has 0 N–H and O–H groups in total. The maximum absolute atomic E-state index is 5.90. The molecule has 4 aromatic rings. The van der Waals surface area contributed by atoms with E-state index in [-0.39, 0.29) is 0 Å². The van der Waals surface area contributed by atoms with E-state index in [1.54, 1.807) is 0 Å². The Morgan fingerprint density at radius 2 is 1.72 bits per heavy atom. The van der Waals surface area contributed by atoms with E-state index < -0.39 is 0 Å². The van der Waals surface area contributed by atoms with Gasteiger partial charge in [-0.05, 0) is 30.5 Å². The van der Waals surface area contributed by atoms with Gasteiger partial charge in [0.2, 0.25) is 0 Å². The van der Waals surface area contributed by atoms with Gasteiger partial charge in [-0.3, -0.25) is 0 Å². The number of hydrogen-bond donors (Lipinski definition) is 0. The highest BCUT2D eigenvalue weighted by Crippen LogP contribution is 2.29. The van der Waals surface area contributed by atoms with E-state index in [2.05, 4.69) is 54.4 Å². The Morgan fingerprint density at radius 1 is 0.897 bits per heavy atom. The van der Waals surface area contributed by atoms with Crippen LogP contribution in [0.15, 0.2) is 85.1 Å². The zero-order chi connectivity index (χ0) is 19.9. The molecule has 29 heavy (non-hydrogen) atoms. The van der Waals surface area contributed by atoms with Gasteiger partial charge in [-0.15, -0.1) is 0 Å². The van der Waals surface area contributed by atoms with Crippen LogP contribution in [0, 0.1) is 0 Å². The second-order valence-electron chi connectivity index (χ2n) is 6.92. The number of nitrogens with zero attached hydrogens (tertiary/aromatic N) is 2. The molecule has 1 heterocycles. The summed E-state index contributed by atoms with van der Waals surface area (Å²) in [6.45, 7) is 2.78. The molecule has 144 valence electrons. The van der Waals surface area contributed by atoms with Gasteiger partial charge in [0.05, 0.1) is 17.7 Å². The van der Waals surface area contributed by atoms with Crippen LogP contribution in [0.3, 0.4) is 0 Å². The first kappa shape index (κ1) is 18.9. The fraction of sp³-hybridized carbons (Fsp3) is 0.154. The molecule has 3 heteroatoms. The molecule has 0 unspecified atom stereocenters. The third-order valence-electron chi connectivity index (χ3n) is 4.73. The maximum atomic E-state index is 5.90. The van der Waals surface area contributed by atoms with E-state index in [0.29, 0.717) is 12.4 Å². The lowest BCUT2D eigenvalue weighted by molar-refractivity contribution is 0.318. The molecule has 0 radical (unpaired) electrons. The van der Waals surface area contributed by atoms with Gasteiger partial charge in [-0.1, -0.05) is 79.7 Å². The summed E-state index contributed by atoms with van der Waals surface area (Å²) in [6, 6.07) is 24.6. The Morgan fingerprint density at radius 3 is 2.59 bits per heavy atom. The fourth-order valence-electron chi connectivity index (χ4n) is 3.27. The van der Waals surface area contributed by atoms with E-state index in [4.69, 9.17) is 9.72 Å². The summed E-state index contributed by atoms with van der Waals surface area (Å²) in [7, 11) is 0. The number of aromatic nitrogens is 2. The summed E-state index contributed by atoms with van der Waals surface area (Å²) < 4.78 is 5.90. The largest absolute Gasteiger partial charge is 0.493 e. The van der Waals surface area contributed by atoms with E-state index >= 15 is 0 Å². The molecule has 0 bridgehead atoms. The van der Waals surface area contributed by atoms with Gasteiger partial charge in [0, 0.05) is 17.1 Å². The minimum atomic E-state index is 0.679. The lowest BCUT2D eigenvalue weighted by Gasteiger charge is -2.10. The van der Waals surface area contributed by atoms with E-state index in [0.717, 1.165) is 40.6 Å². The van der Waals surface area contributed by atoms with Crippen LogP contribution in [0.1, 0.15) is 24.5 Å². The summed E-state index contributed by atoms with van der Waals surface area (Å²) in [5, 5.41) is 1.03. The molecule has 3 nitrogen and oxygen atoms in total. The minimum absolute atomic E-state index is 0.679. The van der Waals surface area contributed by atoms with Crippen LogP contribution in [-0.2, 0) is 6.42 Å². The molecular formula is C26H24N2O. The Bertz CT molecular complexity index is 1120. The van der Waals surface area contributed by atoms with Gasteiger partial charge in [0.15, 0.2) is 5.82 Å². The van der Waals surface area contributed by atoms with Crippen LogP contribution in [0.5, 0.6) is 5.75 Å². The van der Waals surface area contributed by atoms with Gasteiger partial charge >= 0.3 is 0 Å². The molecule has 0 saturated heterocycles. The van der Waals surface area contributed by atoms with Crippen molar-refractivity contribution in [1.82, 2.24) is 9.97 Å². The van der Waals surface area contributed by atoms with Crippen molar-refractivity contribution < 1.29 is 4.74 Å². The average Bonchev–Trinajstić information content (AvgIpc) is 2.78. The molecule has 0 atom stereocenters. The van der Waals surface area contributed by atoms with E-state index in [1.807, 2.05) is 48.7 Å². The second-order valence-corrected chi connectivity index (χ2v) is 6.92. The summed E-state index contributed by atoms with van der Waals surface area (Å²) in [4.78, 5) is 9.50. The molecule has 0 amide bonds. The lowest BCUT2D eigenvalue weighted by Crippen LogP contribution is -1.99. The SMILES string of the molecule is CCCOc1ccccc1-c1ncc2cccc(C=CCc3ccccc3)c2n1. The third-order valence-corrected chi connectivity index (χ3v) is 4.73. The molecular weight excluding hydrogens is 356 g/mol. The highest BCUT2D eigenvalue weighted by Gasteiger charge is 2.10. The highest BCUT2D eigenvalue weighted by atomic mass is 16.5. The molecule has 0 saturated carbocycles. The predicted octanol–water partition coefficient (Wildman–Crippen LogP) is 6.34. The normalized spacial score (nSPS) is 11.2. The van der Waals surface area contributed by atoms with Crippen molar-refractivity contribution in [3.05, 3.63) is 96.2 Å². The van der Waals surface area contributed by atoms with Crippen molar-refractivity contribution in [2.75, 3.05) is 6.61 Å². The zero-order valence-electron chi connectivity index (χ0n) is 16.6. The number of rotatable bonds is 7. The van der Waals surface area contributed by atoms with E-state index in [1.165, 1.54) is 5.56 Å². The first-order chi connectivity index (χ1) is 14.3. The Labute approximate surface area is 171 Å². The molecule has 0 aliphatic heterocycles. The van der Waals surface area contributed by atoms with E-state index in [9.17, 15) is 0 Å².